The van der Waals surface area contributed by atoms with Gasteiger partial charge in [-0.2, -0.15) is 0 Å². The van der Waals surface area contributed by atoms with E-state index in [2.05, 4.69) is 51.4 Å². The van der Waals surface area contributed by atoms with Gasteiger partial charge in [0.05, 0.1) is 5.52 Å². The predicted octanol–water partition coefficient (Wildman–Crippen LogP) is 3.83. The number of anilines is 1. The SMILES string of the molecule is Cc1ccc(F)c2cc(C(=O)NCC3(c4ccccc4N4CCN(C)CC4)CC3)[nH]c12. The van der Waals surface area contributed by atoms with Gasteiger partial charge in [0.15, 0.2) is 0 Å². The highest BCUT2D eigenvalue weighted by Gasteiger charge is 2.46. The summed E-state index contributed by atoms with van der Waals surface area (Å²) in [4.78, 5) is 20.8. The summed E-state index contributed by atoms with van der Waals surface area (Å²) in [5.41, 5.74) is 4.64. The van der Waals surface area contributed by atoms with E-state index in [4.69, 9.17) is 0 Å². The second kappa shape index (κ2) is 7.68. The van der Waals surface area contributed by atoms with Gasteiger partial charge in [-0.15, -0.1) is 0 Å². The van der Waals surface area contributed by atoms with Crippen LogP contribution in [0.1, 0.15) is 34.5 Å². The van der Waals surface area contributed by atoms with E-state index in [0.29, 0.717) is 23.1 Å². The number of carbonyl (C=O) groups excluding carboxylic acids is 1. The van der Waals surface area contributed by atoms with Crippen molar-refractivity contribution in [1.82, 2.24) is 15.2 Å². The number of para-hydroxylation sites is 1. The number of H-pyrrole nitrogens is 1. The van der Waals surface area contributed by atoms with Crippen LogP contribution < -0.4 is 10.2 Å². The van der Waals surface area contributed by atoms with Crippen LogP contribution in [0.5, 0.6) is 0 Å². The lowest BCUT2D eigenvalue weighted by Crippen LogP contribution is -2.45. The summed E-state index contributed by atoms with van der Waals surface area (Å²) in [7, 11) is 2.17. The van der Waals surface area contributed by atoms with E-state index in [0.717, 1.165) is 44.6 Å². The van der Waals surface area contributed by atoms with Crippen molar-refractivity contribution in [3.8, 4) is 0 Å². The summed E-state index contributed by atoms with van der Waals surface area (Å²) < 4.78 is 14.1. The molecule has 0 radical (unpaired) electrons. The molecular weight excluding hydrogens is 391 g/mol. The van der Waals surface area contributed by atoms with Gasteiger partial charge in [-0.1, -0.05) is 24.3 Å². The van der Waals surface area contributed by atoms with Gasteiger partial charge in [-0.25, -0.2) is 4.39 Å². The van der Waals surface area contributed by atoms with Gasteiger partial charge >= 0.3 is 0 Å². The molecule has 162 valence electrons. The zero-order chi connectivity index (χ0) is 21.6. The minimum absolute atomic E-state index is 0.0111. The number of benzene rings is 2. The van der Waals surface area contributed by atoms with E-state index in [1.165, 1.54) is 17.3 Å². The molecule has 0 atom stereocenters. The Morgan fingerprint density at radius 3 is 2.58 bits per heavy atom. The maximum absolute atomic E-state index is 14.1. The first-order chi connectivity index (χ1) is 15.0. The number of nitrogens with zero attached hydrogens (tertiary/aromatic N) is 2. The molecule has 1 saturated carbocycles. The number of likely N-dealkylation sites (N-methyl/N-ethyl adjacent to an activating group) is 1. The van der Waals surface area contributed by atoms with Gasteiger partial charge in [-0.3, -0.25) is 4.79 Å². The van der Waals surface area contributed by atoms with Crippen LogP contribution in [-0.2, 0) is 5.41 Å². The average Bonchev–Trinajstić information content (AvgIpc) is 3.43. The Balaban J connectivity index is 1.34. The van der Waals surface area contributed by atoms with E-state index < -0.39 is 0 Å². The van der Waals surface area contributed by atoms with Gasteiger partial charge in [0.25, 0.3) is 5.91 Å². The normalized spacial score (nSPS) is 18.4. The molecule has 0 spiro atoms. The van der Waals surface area contributed by atoms with Crippen LogP contribution in [0.3, 0.4) is 0 Å². The van der Waals surface area contributed by atoms with Gasteiger partial charge in [-0.05, 0) is 56.1 Å². The number of piperazine rings is 1. The van der Waals surface area contributed by atoms with Crippen LogP contribution in [0.2, 0.25) is 0 Å². The molecule has 2 heterocycles. The van der Waals surface area contributed by atoms with Gasteiger partial charge in [0, 0.05) is 49.2 Å². The number of carbonyl (C=O) groups is 1. The lowest BCUT2D eigenvalue weighted by molar-refractivity contribution is 0.0945. The molecular formula is C25H29FN4O. The fourth-order valence-electron chi connectivity index (χ4n) is 4.73. The smallest absolute Gasteiger partial charge is 0.267 e. The summed E-state index contributed by atoms with van der Waals surface area (Å²) >= 11 is 0. The van der Waals surface area contributed by atoms with Crippen molar-refractivity contribution in [3.05, 3.63) is 65.1 Å². The van der Waals surface area contributed by atoms with Crippen molar-refractivity contribution in [3.63, 3.8) is 0 Å². The number of aromatic nitrogens is 1. The lowest BCUT2D eigenvalue weighted by atomic mass is 9.93. The van der Waals surface area contributed by atoms with Crippen molar-refractivity contribution in [2.75, 3.05) is 44.7 Å². The maximum Gasteiger partial charge on any atom is 0.267 e. The van der Waals surface area contributed by atoms with Crippen LogP contribution >= 0.6 is 0 Å². The van der Waals surface area contributed by atoms with Crippen molar-refractivity contribution in [2.45, 2.75) is 25.2 Å². The molecule has 0 bridgehead atoms. The van der Waals surface area contributed by atoms with Crippen LogP contribution in [0.4, 0.5) is 10.1 Å². The van der Waals surface area contributed by atoms with Crippen LogP contribution in [0.15, 0.2) is 42.5 Å². The third-order valence-electron chi connectivity index (χ3n) is 6.95. The Kier molecular flexibility index (Phi) is 4.97. The Morgan fingerprint density at radius 1 is 1.13 bits per heavy atom. The summed E-state index contributed by atoms with van der Waals surface area (Å²) in [6.07, 6.45) is 2.14. The maximum atomic E-state index is 14.1. The number of hydrogen-bond donors (Lipinski definition) is 2. The minimum atomic E-state index is -0.310. The molecule has 2 N–H and O–H groups in total. The number of nitrogens with one attached hydrogen (secondary N) is 2. The summed E-state index contributed by atoms with van der Waals surface area (Å²) in [5.74, 6) is -0.492. The summed E-state index contributed by atoms with van der Waals surface area (Å²) in [5, 5.41) is 3.58. The average molecular weight is 421 g/mol. The number of amides is 1. The Labute approximate surface area is 182 Å². The molecule has 0 unspecified atom stereocenters. The number of hydrogen-bond acceptors (Lipinski definition) is 3. The number of aryl methyl sites for hydroxylation is 1. The standard InChI is InChI=1S/C25H29FN4O/c1-17-7-8-20(26)18-15-21(28-23(17)18)24(31)27-16-25(9-10-25)19-5-3-4-6-22(19)30-13-11-29(2)12-14-30/h3-8,15,28H,9-14,16H2,1-2H3,(H,27,31). The fraction of sp³-hybridized carbons (Fsp3) is 0.400. The van der Waals surface area contributed by atoms with Gasteiger partial charge in [0.2, 0.25) is 0 Å². The molecule has 5 nitrogen and oxygen atoms in total. The number of rotatable bonds is 5. The second-order valence-electron chi connectivity index (χ2n) is 9.11. The van der Waals surface area contributed by atoms with Crippen molar-refractivity contribution >= 4 is 22.5 Å². The molecule has 1 aromatic heterocycles. The minimum Gasteiger partial charge on any atom is -0.369 e. The molecule has 6 heteroatoms. The molecule has 1 saturated heterocycles. The number of halogens is 1. The first-order valence-electron chi connectivity index (χ1n) is 11.1. The lowest BCUT2D eigenvalue weighted by Gasteiger charge is -2.36. The molecule has 31 heavy (non-hydrogen) atoms. The Morgan fingerprint density at radius 2 is 1.87 bits per heavy atom. The zero-order valence-corrected chi connectivity index (χ0v) is 18.2. The molecule has 5 rings (SSSR count). The quantitative estimate of drug-likeness (QED) is 0.660. The molecule has 1 aliphatic carbocycles. The molecule has 2 aromatic carbocycles. The monoisotopic (exact) mass is 420 g/mol. The van der Waals surface area contributed by atoms with E-state index >= 15 is 0 Å². The third kappa shape index (κ3) is 3.69. The number of aromatic amines is 1. The second-order valence-corrected chi connectivity index (χ2v) is 9.11. The van der Waals surface area contributed by atoms with E-state index in [9.17, 15) is 9.18 Å². The first kappa shape index (κ1) is 20.1. The van der Waals surface area contributed by atoms with E-state index in [1.54, 1.807) is 12.1 Å². The summed E-state index contributed by atoms with van der Waals surface area (Å²) in [6, 6.07) is 13.4. The van der Waals surface area contributed by atoms with Crippen molar-refractivity contribution < 1.29 is 9.18 Å². The predicted molar refractivity (Wildman–Crippen MR) is 122 cm³/mol. The van der Waals surface area contributed by atoms with Crippen molar-refractivity contribution in [1.29, 1.82) is 0 Å². The molecule has 2 aliphatic rings. The molecule has 1 amide bonds. The highest BCUT2D eigenvalue weighted by atomic mass is 19.1. The fourth-order valence-corrected chi connectivity index (χ4v) is 4.73. The van der Waals surface area contributed by atoms with E-state index in [-0.39, 0.29) is 17.1 Å². The molecule has 3 aromatic rings. The Hall–Kier alpha value is -2.86. The van der Waals surface area contributed by atoms with Crippen LogP contribution in [0.25, 0.3) is 10.9 Å². The molecule has 2 fully saturated rings. The first-order valence-corrected chi connectivity index (χ1v) is 11.1. The van der Waals surface area contributed by atoms with E-state index in [1.807, 2.05) is 6.92 Å². The van der Waals surface area contributed by atoms with Crippen LogP contribution in [-0.4, -0.2) is 55.6 Å². The zero-order valence-electron chi connectivity index (χ0n) is 18.2. The highest BCUT2D eigenvalue weighted by Crippen LogP contribution is 2.51. The van der Waals surface area contributed by atoms with Gasteiger partial charge in [0.1, 0.15) is 11.5 Å². The Bertz CT molecular complexity index is 1090. The third-order valence-corrected chi connectivity index (χ3v) is 6.95. The summed E-state index contributed by atoms with van der Waals surface area (Å²) in [6.45, 7) is 6.68. The van der Waals surface area contributed by atoms with Gasteiger partial charge < -0.3 is 20.1 Å². The molecule has 1 aliphatic heterocycles. The van der Waals surface area contributed by atoms with Crippen LogP contribution in [0, 0.1) is 12.7 Å². The largest absolute Gasteiger partial charge is 0.369 e. The number of fused-ring (bicyclic) bond motifs is 1. The van der Waals surface area contributed by atoms with Crippen molar-refractivity contribution in [2.24, 2.45) is 0 Å². The topological polar surface area (TPSA) is 51.4 Å². The highest BCUT2D eigenvalue weighted by molar-refractivity contribution is 5.99.